The normalized spacial score (nSPS) is 22.9. The van der Waals surface area contributed by atoms with Crippen molar-refractivity contribution in [3.63, 3.8) is 0 Å². The van der Waals surface area contributed by atoms with E-state index in [1.807, 2.05) is 28.9 Å². The second kappa shape index (κ2) is 5.61. The number of anilines is 1. The number of hydrogen-bond acceptors (Lipinski definition) is 4. The topological polar surface area (TPSA) is 69.6 Å². The fraction of sp³-hybridized carbons (Fsp3) is 0.533. The largest absolute Gasteiger partial charge is 0.398 e. The molecule has 0 amide bonds. The van der Waals surface area contributed by atoms with Gasteiger partial charge in [-0.15, -0.1) is 5.10 Å². The molecular weight excluding hydrogens is 250 g/mol. The van der Waals surface area contributed by atoms with E-state index in [0.29, 0.717) is 5.92 Å². The van der Waals surface area contributed by atoms with Gasteiger partial charge >= 0.3 is 0 Å². The molecule has 1 aromatic carbocycles. The summed E-state index contributed by atoms with van der Waals surface area (Å²) in [5, 5.41) is 12.1. The Bertz CT molecular complexity index is 569. The molecular formula is C15H21N5. The highest BCUT2D eigenvalue weighted by Crippen LogP contribution is 2.30. The van der Waals surface area contributed by atoms with E-state index in [4.69, 9.17) is 5.73 Å². The Morgan fingerprint density at radius 1 is 1.20 bits per heavy atom. The second-order valence-electron chi connectivity index (χ2n) is 5.90. The van der Waals surface area contributed by atoms with Crippen molar-refractivity contribution in [1.29, 1.82) is 0 Å². The molecule has 1 saturated carbocycles. The minimum atomic E-state index is 0.679. The summed E-state index contributed by atoms with van der Waals surface area (Å²) in [5.74, 6) is 2.32. The van der Waals surface area contributed by atoms with E-state index < -0.39 is 0 Å². The van der Waals surface area contributed by atoms with Gasteiger partial charge in [0.15, 0.2) is 5.82 Å². The monoisotopic (exact) mass is 271 g/mol. The maximum atomic E-state index is 6.02. The predicted molar refractivity (Wildman–Crippen MR) is 78.8 cm³/mol. The first-order chi connectivity index (χ1) is 9.74. The van der Waals surface area contributed by atoms with Crippen LogP contribution in [0.25, 0.3) is 11.4 Å². The van der Waals surface area contributed by atoms with Crippen LogP contribution in [0, 0.1) is 11.8 Å². The van der Waals surface area contributed by atoms with Gasteiger partial charge in [-0.05, 0) is 47.2 Å². The zero-order chi connectivity index (χ0) is 13.9. The van der Waals surface area contributed by atoms with Crippen molar-refractivity contribution in [1.82, 2.24) is 20.2 Å². The van der Waals surface area contributed by atoms with Gasteiger partial charge in [0.1, 0.15) is 0 Å². The number of tetrazole rings is 1. The molecule has 0 atom stereocenters. The van der Waals surface area contributed by atoms with Crippen molar-refractivity contribution in [2.75, 3.05) is 5.73 Å². The van der Waals surface area contributed by atoms with Crippen LogP contribution >= 0.6 is 0 Å². The molecule has 1 aliphatic carbocycles. The Morgan fingerprint density at radius 2 is 1.95 bits per heavy atom. The van der Waals surface area contributed by atoms with Gasteiger partial charge in [-0.25, -0.2) is 4.68 Å². The Hall–Kier alpha value is -1.91. The van der Waals surface area contributed by atoms with Crippen LogP contribution < -0.4 is 5.73 Å². The first kappa shape index (κ1) is 13.1. The third kappa shape index (κ3) is 2.66. The van der Waals surface area contributed by atoms with E-state index in [1.165, 1.54) is 25.7 Å². The summed E-state index contributed by atoms with van der Waals surface area (Å²) < 4.78 is 1.91. The van der Waals surface area contributed by atoms with E-state index in [9.17, 15) is 0 Å². The quantitative estimate of drug-likeness (QED) is 0.871. The molecule has 1 aromatic heterocycles. The summed E-state index contributed by atoms with van der Waals surface area (Å²) >= 11 is 0. The molecule has 0 saturated heterocycles. The van der Waals surface area contributed by atoms with Crippen LogP contribution in [0.4, 0.5) is 5.69 Å². The lowest BCUT2D eigenvalue weighted by molar-refractivity contribution is 0.257. The van der Waals surface area contributed by atoms with Gasteiger partial charge in [-0.1, -0.05) is 31.9 Å². The van der Waals surface area contributed by atoms with E-state index in [0.717, 1.165) is 29.5 Å². The van der Waals surface area contributed by atoms with Gasteiger partial charge in [0, 0.05) is 17.8 Å². The van der Waals surface area contributed by atoms with Crippen LogP contribution in [0.3, 0.4) is 0 Å². The SMILES string of the molecule is CC1CCC(Cn2nnnc2-c2ccccc2N)CC1. The summed E-state index contributed by atoms with van der Waals surface area (Å²) in [6, 6.07) is 7.75. The van der Waals surface area contributed by atoms with Crippen LogP contribution in [0.1, 0.15) is 32.6 Å². The van der Waals surface area contributed by atoms with Crippen LogP contribution in [-0.4, -0.2) is 20.2 Å². The Balaban J connectivity index is 1.79. The standard InChI is InChI=1S/C15H21N5/c1-11-6-8-12(9-7-11)10-20-15(17-18-19-20)13-4-2-3-5-14(13)16/h2-5,11-12H,6-10,16H2,1H3. The smallest absolute Gasteiger partial charge is 0.184 e. The van der Waals surface area contributed by atoms with E-state index >= 15 is 0 Å². The molecule has 1 heterocycles. The van der Waals surface area contributed by atoms with Crippen molar-refractivity contribution < 1.29 is 0 Å². The molecule has 1 aliphatic rings. The third-order valence-electron chi connectivity index (χ3n) is 4.30. The highest BCUT2D eigenvalue weighted by Gasteiger charge is 2.21. The fourth-order valence-electron chi connectivity index (χ4n) is 2.98. The number of rotatable bonds is 3. The summed E-state index contributed by atoms with van der Waals surface area (Å²) in [6.45, 7) is 3.23. The first-order valence-corrected chi connectivity index (χ1v) is 7.35. The lowest BCUT2D eigenvalue weighted by Crippen LogP contribution is -2.19. The second-order valence-corrected chi connectivity index (χ2v) is 5.90. The predicted octanol–water partition coefficient (Wildman–Crippen LogP) is 2.75. The zero-order valence-corrected chi connectivity index (χ0v) is 11.9. The molecule has 0 unspecified atom stereocenters. The molecule has 0 aliphatic heterocycles. The van der Waals surface area contributed by atoms with Crippen molar-refractivity contribution in [2.45, 2.75) is 39.2 Å². The third-order valence-corrected chi connectivity index (χ3v) is 4.30. The lowest BCUT2D eigenvalue weighted by atomic mass is 9.83. The molecule has 5 nitrogen and oxygen atoms in total. The molecule has 2 aromatic rings. The summed E-state index contributed by atoms with van der Waals surface area (Å²) in [7, 11) is 0. The van der Waals surface area contributed by atoms with Gasteiger partial charge in [-0.2, -0.15) is 0 Å². The number of hydrogen-bond donors (Lipinski definition) is 1. The van der Waals surface area contributed by atoms with Gasteiger partial charge < -0.3 is 5.73 Å². The molecule has 3 rings (SSSR count). The molecule has 0 bridgehead atoms. The van der Waals surface area contributed by atoms with Gasteiger partial charge in [0.25, 0.3) is 0 Å². The molecule has 2 N–H and O–H groups in total. The number of nitrogen functional groups attached to an aromatic ring is 1. The van der Waals surface area contributed by atoms with E-state index in [2.05, 4.69) is 22.4 Å². The summed E-state index contributed by atoms with van der Waals surface area (Å²) in [5.41, 5.74) is 7.66. The molecule has 20 heavy (non-hydrogen) atoms. The minimum Gasteiger partial charge on any atom is -0.398 e. The molecule has 0 radical (unpaired) electrons. The first-order valence-electron chi connectivity index (χ1n) is 7.35. The van der Waals surface area contributed by atoms with E-state index in [-0.39, 0.29) is 0 Å². The minimum absolute atomic E-state index is 0.679. The highest BCUT2D eigenvalue weighted by molar-refractivity contribution is 5.70. The van der Waals surface area contributed by atoms with Crippen molar-refractivity contribution in [3.05, 3.63) is 24.3 Å². The van der Waals surface area contributed by atoms with Crippen molar-refractivity contribution >= 4 is 5.69 Å². The maximum Gasteiger partial charge on any atom is 0.184 e. The van der Waals surface area contributed by atoms with Crippen LogP contribution in [0.15, 0.2) is 24.3 Å². The number of benzene rings is 1. The van der Waals surface area contributed by atoms with Gasteiger partial charge in [0.2, 0.25) is 0 Å². The van der Waals surface area contributed by atoms with Crippen molar-refractivity contribution in [2.24, 2.45) is 11.8 Å². The van der Waals surface area contributed by atoms with Crippen molar-refractivity contribution in [3.8, 4) is 11.4 Å². The average molecular weight is 271 g/mol. The van der Waals surface area contributed by atoms with Gasteiger partial charge in [-0.3, -0.25) is 0 Å². The molecule has 5 heteroatoms. The average Bonchev–Trinajstić information content (AvgIpc) is 2.90. The van der Waals surface area contributed by atoms with Crippen LogP contribution in [0.2, 0.25) is 0 Å². The number of aromatic nitrogens is 4. The number of nitrogens with two attached hydrogens (primary N) is 1. The van der Waals surface area contributed by atoms with Gasteiger partial charge in [0.05, 0.1) is 0 Å². The Kier molecular flexibility index (Phi) is 3.67. The van der Waals surface area contributed by atoms with Crippen LogP contribution in [-0.2, 0) is 6.54 Å². The number of para-hydroxylation sites is 1. The summed E-state index contributed by atoms with van der Waals surface area (Å²) in [4.78, 5) is 0. The molecule has 106 valence electrons. The lowest BCUT2D eigenvalue weighted by Gasteiger charge is -2.26. The Labute approximate surface area is 119 Å². The van der Waals surface area contributed by atoms with E-state index in [1.54, 1.807) is 0 Å². The zero-order valence-electron chi connectivity index (χ0n) is 11.9. The van der Waals surface area contributed by atoms with Crippen LogP contribution in [0.5, 0.6) is 0 Å². The summed E-state index contributed by atoms with van der Waals surface area (Å²) in [6.07, 6.45) is 5.17. The maximum absolute atomic E-state index is 6.02. The molecule has 0 spiro atoms. The highest BCUT2D eigenvalue weighted by atomic mass is 15.5. The fourth-order valence-corrected chi connectivity index (χ4v) is 2.98. The Morgan fingerprint density at radius 3 is 2.70 bits per heavy atom. The molecule has 1 fully saturated rings. The number of nitrogens with zero attached hydrogens (tertiary/aromatic N) is 4.